The van der Waals surface area contributed by atoms with E-state index in [9.17, 15) is 0 Å². The van der Waals surface area contributed by atoms with Crippen molar-refractivity contribution in [1.82, 2.24) is 19.1 Å². The summed E-state index contributed by atoms with van der Waals surface area (Å²) in [6.45, 7) is 0. The summed E-state index contributed by atoms with van der Waals surface area (Å²) in [5.41, 5.74) is 14.1. The lowest BCUT2D eigenvalue weighted by Crippen LogP contribution is -2.04. The molecule has 0 aliphatic carbocycles. The van der Waals surface area contributed by atoms with E-state index < -0.39 is 0 Å². The third-order valence-corrected chi connectivity index (χ3v) is 10.9. The van der Waals surface area contributed by atoms with Gasteiger partial charge in [0.15, 0.2) is 0 Å². The van der Waals surface area contributed by atoms with Gasteiger partial charge in [0.25, 0.3) is 0 Å². The first-order valence-electron chi connectivity index (χ1n) is 19.0. The lowest BCUT2D eigenvalue weighted by atomic mass is 10.0. The van der Waals surface area contributed by atoms with Crippen molar-refractivity contribution >= 4 is 43.6 Å². The molecule has 262 valence electrons. The van der Waals surface area contributed by atoms with Crippen LogP contribution in [-0.4, -0.2) is 19.1 Å². The van der Waals surface area contributed by atoms with Crippen LogP contribution in [0.3, 0.4) is 0 Å². The highest BCUT2D eigenvalue weighted by atomic mass is 15.2. The molecule has 0 fully saturated rings. The second-order valence-corrected chi connectivity index (χ2v) is 14.3. The highest BCUT2D eigenvalue weighted by Gasteiger charge is 2.19. The summed E-state index contributed by atoms with van der Waals surface area (Å²) in [5, 5.41) is 4.79. The molecule has 0 aliphatic heterocycles. The van der Waals surface area contributed by atoms with E-state index in [0.29, 0.717) is 5.95 Å². The second-order valence-electron chi connectivity index (χ2n) is 14.3. The van der Waals surface area contributed by atoms with Crippen molar-refractivity contribution < 1.29 is 0 Å². The number of benzene rings is 8. The van der Waals surface area contributed by atoms with Gasteiger partial charge in [-0.1, -0.05) is 164 Å². The number of fused-ring (bicyclic) bond motifs is 6. The summed E-state index contributed by atoms with van der Waals surface area (Å²) in [5.74, 6) is 0.641. The van der Waals surface area contributed by atoms with Crippen molar-refractivity contribution in [1.29, 1.82) is 0 Å². The van der Waals surface area contributed by atoms with Gasteiger partial charge in [-0.15, -0.1) is 0 Å². The van der Waals surface area contributed by atoms with Gasteiger partial charge in [-0.25, -0.2) is 9.97 Å². The van der Waals surface area contributed by atoms with Gasteiger partial charge in [-0.2, -0.15) is 0 Å². The average Bonchev–Trinajstić information content (AvgIpc) is 3.79. The van der Waals surface area contributed by atoms with Gasteiger partial charge < -0.3 is 4.57 Å². The topological polar surface area (TPSA) is 35.6 Å². The van der Waals surface area contributed by atoms with Crippen LogP contribution in [0.4, 0.5) is 0 Å². The van der Waals surface area contributed by atoms with Crippen molar-refractivity contribution in [3.63, 3.8) is 0 Å². The van der Waals surface area contributed by atoms with Crippen LogP contribution in [0, 0.1) is 0 Å². The Balaban J connectivity index is 1.12. The van der Waals surface area contributed by atoms with Gasteiger partial charge in [-0.3, -0.25) is 4.57 Å². The minimum Gasteiger partial charge on any atom is -0.309 e. The molecular weight excluding hydrogens is 681 g/mol. The zero-order valence-corrected chi connectivity index (χ0v) is 30.4. The Morgan fingerprint density at radius 2 is 0.696 bits per heavy atom. The number of rotatable bonds is 6. The zero-order valence-electron chi connectivity index (χ0n) is 30.4. The Hall–Kier alpha value is -7.56. The van der Waals surface area contributed by atoms with E-state index in [0.717, 1.165) is 61.1 Å². The van der Waals surface area contributed by atoms with Crippen LogP contribution in [-0.2, 0) is 0 Å². The van der Waals surface area contributed by atoms with E-state index in [1.165, 1.54) is 32.9 Å². The fourth-order valence-corrected chi connectivity index (χ4v) is 8.30. The molecule has 4 nitrogen and oxygen atoms in total. The lowest BCUT2D eigenvalue weighted by Gasteiger charge is -2.13. The van der Waals surface area contributed by atoms with Crippen LogP contribution in [0.2, 0.25) is 0 Å². The van der Waals surface area contributed by atoms with E-state index in [1.54, 1.807) is 0 Å². The molecule has 8 aromatic carbocycles. The standard InChI is InChI=1S/C52H34N4/c1-4-15-35(16-5-1)38-21-14-22-41(31-38)55-48-25-12-10-23-42(48)44-29-27-39(32-50(44)55)40-28-30-45-43-24-11-13-26-49(43)56(51(45)33-40)52-53-46(36-17-6-2-7-18-36)34-47(54-52)37-19-8-3-9-20-37/h1-34H. The summed E-state index contributed by atoms with van der Waals surface area (Å²) in [7, 11) is 0. The van der Waals surface area contributed by atoms with E-state index in [2.05, 4.69) is 203 Å². The maximum absolute atomic E-state index is 5.26. The second kappa shape index (κ2) is 13.1. The zero-order chi connectivity index (χ0) is 37.0. The fraction of sp³-hybridized carbons (Fsp3) is 0. The van der Waals surface area contributed by atoms with Crippen molar-refractivity contribution in [2.45, 2.75) is 0 Å². The molecular formula is C52H34N4. The molecule has 0 atom stereocenters. The van der Waals surface area contributed by atoms with Gasteiger partial charge in [-0.05, 0) is 64.7 Å². The number of aromatic nitrogens is 4. The Bertz CT molecular complexity index is 3170. The Labute approximate surface area is 324 Å². The number of para-hydroxylation sites is 2. The first-order valence-corrected chi connectivity index (χ1v) is 19.0. The number of hydrogen-bond donors (Lipinski definition) is 0. The number of nitrogens with zero attached hydrogens (tertiary/aromatic N) is 4. The van der Waals surface area contributed by atoms with E-state index in [4.69, 9.17) is 9.97 Å². The van der Waals surface area contributed by atoms with Gasteiger partial charge in [0, 0.05) is 38.4 Å². The number of hydrogen-bond acceptors (Lipinski definition) is 2. The van der Waals surface area contributed by atoms with E-state index in [1.807, 2.05) is 12.1 Å². The van der Waals surface area contributed by atoms with Crippen molar-refractivity contribution in [2.75, 3.05) is 0 Å². The summed E-state index contributed by atoms with van der Waals surface area (Å²) >= 11 is 0. The third kappa shape index (κ3) is 5.31. The molecule has 0 aliphatic rings. The van der Waals surface area contributed by atoms with Crippen LogP contribution in [0.15, 0.2) is 206 Å². The molecule has 0 spiro atoms. The van der Waals surface area contributed by atoms with E-state index >= 15 is 0 Å². The first-order chi connectivity index (χ1) is 27.8. The molecule has 0 amide bonds. The van der Waals surface area contributed by atoms with E-state index in [-0.39, 0.29) is 0 Å². The predicted molar refractivity (Wildman–Crippen MR) is 232 cm³/mol. The normalized spacial score (nSPS) is 11.6. The molecule has 11 aromatic rings. The quantitative estimate of drug-likeness (QED) is 0.172. The van der Waals surface area contributed by atoms with Crippen molar-refractivity contribution in [3.05, 3.63) is 206 Å². The SMILES string of the molecule is c1ccc(-c2cccc(-n3c4ccccc4c4ccc(-c5ccc6c7ccccc7n(-c7nc(-c8ccccc8)cc(-c8ccccc8)n7)c6c5)cc43)c2)cc1. The molecule has 4 heteroatoms. The predicted octanol–water partition coefficient (Wildman–Crippen LogP) is 13.3. The Kier molecular flexibility index (Phi) is 7.46. The van der Waals surface area contributed by atoms with Gasteiger partial charge >= 0.3 is 0 Å². The van der Waals surface area contributed by atoms with Crippen molar-refractivity contribution in [2.24, 2.45) is 0 Å². The molecule has 0 unspecified atom stereocenters. The minimum atomic E-state index is 0.641. The smallest absolute Gasteiger partial charge is 0.235 e. The average molecular weight is 715 g/mol. The molecule has 0 N–H and O–H groups in total. The van der Waals surface area contributed by atoms with Crippen molar-refractivity contribution in [3.8, 4) is 56.4 Å². The molecule has 0 saturated carbocycles. The lowest BCUT2D eigenvalue weighted by molar-refractivity contribution is 0.996. The summed E-state index contributed by atoms with van der Waals surface area (Å²) in [6.07, 6.45) is 0. The monoisotopic (exact) mass is 714 g/mol. The van der Waals surface area contributed by atoms with Crippen LogP contribution < -0.4 is 0 Å². The van der Waals surface area contributed by atoms with Gasteiger partial charge in [0.05, 0.1) is 33.5 Å². The Morgan fingerprint density at radius 3 is 1.27 bits per heavy atom. The maximum Gasteiger partial charge on any atom is 0.235 e. The van der Waals surface area contributed by atoms with Crippen LogP contribution in [0.1, 0.15) is 0 Å². The van der Waals surface area contributed by atoms with Crippen LogP contribution in [0.25, 0.3) is 100 Å². The minimum absolute atomic E-state index is 0.641. The highest BCUT2D eigenvalue weighted by Crippen LogP contribution is 2.39. The highest BCUT2D eigenvalue weighted by molar-refractivity contribution is 6.12. The molecule has 3 heterocycles. The fourth-order valence-electron chi connectivity index (χ4n) is 8.30. The summed E-state index contributed by atoms with van der Waals surface area (Å²) in [4.78, 5) is 10.5. The van der Waals surface area contributed by atoms with Crippen LogP contribution >= 0.6 is 0 Å². The summed E-state index contributed by atoms with van der Waals surface area (Å²) in [6, 6.07) is 73.3. The van der Waals surface area contributed by atoms with Gasteiger partial charge in [0.1, 0.15) is 0 Å². The molecule has 0 bridgehead atoms. The molecule has 11 rings (SSSR count). The Morgan fingerprint density at radius 1 is 0.268 bits per heavy atom. The molecule has 0 saturated heterocycles. The molecule has 56 heavy (non-hydrogen) atoms. The first kappa shape index (κ1) is 31.9. The largest absolute Gasteiger partial charge is 0.309 e. The molecule has 3 aromatic heterocycles. The summed E-state index contributed by atoms with van der Waals surface area (Å²) < 4.78 is 4.64. The van der Waals surface area contributed by atoms with Gasteiger partial charge in [0.2, 0.25) is 5.95 Å². The third-order valence-electron chi connectivity index (χ3n) is 10.9. The molecule has 0 radical (unpaired) electrons. The van der Waals surface area contributed by atoms with Crippen LogP contribution in [0.5, 0.6) is 0 Å². The maximum atomic E-state index is 5.26.